The van der Waals surface area contributed by atoms with Crippen LogP contribution in [0.1, 0.15) is 102 Å². The summed E-state index contributed by atoms with van der Waals surface area (Å²) in [6, 6.07) is 0. The number of aliphatic hydroxyl groups is 6. The van der Waals surface area contributed by atoms with Crippen LogP contribution in [0.2, 0.25) is 0 Å². The molecule has 2 heterocycles. The minimum absolute atomic E-state index is 0.0612. The first-order chi connectivity index (χ1) is 30.9. The fraction of sp³-hybridized carbons (Fsp3) is 0.833. The molecular formula is C42H76N8O11S3. The Kier molecular flexibility index (Phi) is 30.7. The van der Waals surface area contributed by atoms with Gasteiger partial charge < -0.3 is 50.7 Å². The van der Waals surface area contributed by atoms with Gasteiger partial charge in [0.1, 0.15) is 22.7 Å². The van der Waals surface area contributed by atoms with E-state index in [-0.39, 0.29) is 56.9 Å². The molecule has 8 N–H and O–H groups in total. The molecule has 368 valence electrons. The Morgan fingerprint density at radius 1 is 0.609 bits per heavy atom. The number of unbranched alkanes of at least 4 members (excludes halogenated alkanes) is 5. The molecule has 0 aromatic carbocycles. The summed E-state index contributed by atoms with van der Waals surface area (Å²) in [5.41, 5.74) is -2.16. The van der Waals surface area contributed by atoms with Crippen LogP contribution in [-0.4, -0.2) is 177 Å². The maximum Gasteiger partial charge on any atom is 0.221 e. The Balaban J connectivity index is 1.80. The number of aromatic nitrogens is 6. The monoisotopic (exact) mass is 964 g/mol. The highest BCUT2D eigenvalue weighted by Gasteiger charge is 2.31. The Labute approximate surface area is 391 Å². The van der Waals surface area contributed by atoms with Crippen molar-refractivity contribution < 1.29 is 54.5 Å². The third-order valence-electron chi connectivity index (χ3n) is 10.3. The van der Waals surface area contributed by atoms with Crippen LogP contribution in [0.5, 0.6) is 0 Å². The first-order valence-corrected chi connectivity index (χ1v) is 25.8. The molecule has 22 heteroatoms. The molecule has 2 aromatic rings. The standard InChI is InChI=1S/C42H76N8O11S3/c1-3-4-5-6-7-8-16-62-20-12-38(58)43-40(2,33-60-25-35-23-49(47-45-35)14-9-17-63-19-11-37(57)22-41(27-51,28-52)29-53)34-61-26-36-24-50(48-46-36)15-10-18-64-21-13-39(59)44-42(30-54,31-55)32-56/h23-24,51-56H,3-22,25-34H2,1-2H3,(H,43,58)(H,44,59). The zero-order valence-electron chi connectivity index (χ0n) is 38.0. The van der Waals surface area contributed by atoms with E-state index in [2.05, 4.69) is 38.2 Å². The number of hydrogen-bond donors (Lipinski definition) is 8. The van der Waals surface area contributed by atoms with Crippen molar-refractivity contribution in [2.24, 2.45) is 5.41 Å². The van der Waals surface area contributed by atoms with Crippen molar-refractivity contribution in [2.45, 2.75) is 128 Å². The molecule has 0 aliphatic heterocycles. The average molecular weight is 965 g/mol. The normalized spacial score (nSPS) is 13.0. The summed E-state index contributed by atoms with van der Waals surface area (Å²) in [6.07, 6.45) is 13.5. The van der Waals surface area contributed by atoms with Gasteiger partial charge >= 0.3 is 0 Å². The summed E-state index contributed by atoms with van der Waals surface area (Å²) < 4.78 is 15.6. The van der Waals surface area contributed by atoms with Crippen LogP contribution in [-0.2, 0) is 50.2 Å². The SMILES string of the molecule is CCCCCCCCSCCC(=O)NC(C)(COCc1cn(CCCSCCC(=O)CC(CO)(CO)CO)nn1)COCc1cn(CCCSCCC(=O)NC(CO)(CO)CO)nn1. The average Bonchev–Trinajstić information content (AvgIpc) is 3.95. The molecule has 0 aliphatic carbocycles. The van der Waals surface area contributed by atoms with Crippen molar-refractivity contribution in [3.63, 3.8) is 0 Å². The first-order valence-electron chi connectivity index (χ1n) is 22.4. The molecule has 2 rings (SSSR count). The van der Waals surface area contributed by atoms with Gasteiger partial charge in [0.25, 0.3) is 0 Å². The number of rotatable bonds is 42. The van der Waals surface area contributed by atoms with Crippen molar-refractivity contribution >= 4 is 52.9 Å². The van der Waals surface area contributed by atoms with E-state index in [0.717, 1.165) is 42.3 Å². The number of thioether (sulfide) groups is 3. The van der Waals surface area contributed by atoms with Crippen molar-refractivity contribution in [3.8, 4) is 0 Å². The maximum absolute atomic E-state index is 13.1. The van der Waals surface area contributed by atoms with E-state index in [1.165, 1.54) is 32.1 Å². The summed E-state index contributed by atoms with van der Waals surface area (Å²) in [5.74, 6) is 3.95. The topological polar surface area (TPSA) is 277 Å². The summed E-state index contributed by atoms with van der Waals surface area (Å²) in [6.45, 7) is 3.01. The van der Waals surface area contributed by atoms with Gasteiger partial charge in [-0.2, -0.15) is 35.3 Å². The van der Waals surface area contributed by atoms with Gasteiger partial charge in [-0.25, -0.2) is 0 Å². The lowest BCUT2D eigenvalue weighted by atomic mass is 9.85. The Morgan fingerprint density at radius 3 is 1.55 bits per heavy atom. The molecule has 0 fully saturated rings. The third kappa shape index (κ3) is 24.4. The summed E-state index contributed by atoms with van der Waals surface area (Å²) in [4.78, 5) is 37.6. The second-order valence-electron chi connectivity index (χ2n) is 16.6. The van der Waals surface area contributed by atoms with E-state index in [0.29, 0.717) is 48.8 Å². The van der Waals surface area contributed by atoms with Crippen molar-refractivity contribution in [3.05, 3.63) is 23.8 Å². The van der Waals surface area contributed by atoms with Gasteiger partial charge in [-0.05, 0) is 43.4 Å². The van der Waals surface area contributed by atoms with Crippen LogP contribution in [0, 0.1) is 5.41 Å². The van der Waals surface area contributed by atoms with E-state index in [1.807, 2.05) is 19.3 Å². The number of ether oxygens (including phenoxy) is 2. The largest absolute Gasteiger partial charge is 0.396 e. The molecule has 0 radical (unpaired) electrons. The van der Waals surface area contributed by atoms with Gasteiger partial charge in [0.15, 0.2) is 0 Å². The van der Waals surface area contributed by atoms with Gasteiger partial charge in [0.05, 0.1) is 84.0 Å². The Hall–Kier alpha value is -2.38. The van der Waals surface area contributed by atoms with Gasteiger partial charge in [0, 0.05) is 61.4 Å². The van der Waals surface area contributed by atoms with Crippen LogP contribution >= 0.6 is 35.3 Å². The fourth-order valence-electron chi connectivity index (χ4n) is 6.22. The first kappa shape index (κ1) is 57.7. The Morgan fingerprint density at radius 2 is 1.06 bits per heavy atom. The molecule has 0 aliphatic rings. The minimum Gasteiger partial charge on any atom is -0.396 e. The van der Waals surface area contributed by atoms with Crippen molar-refractivity contribution in [2.75, 3.05) is 87.4 Å². The quantitative estimate of drug-likeness (QED) is 0.0440. The smallest absolute Gasteiger partial charge is 0.221 e. The van der Waals surface area contributed by atoms with E-state index in [4.69, 9.17) is 9.47 Å². The maximum atomic E-state index is 13.1. The predicted molar refractivity (Wildman–Crippen MR) is 250 cm³/mol. The highest BCUT2D eigenvalue weighted by molar-refractivity contribution is 7.99. The number of aliphatic hydroxyl groups excluding tert-OH is 6. The number of carbonyl (C=O) groups is 3. The predicted octanol–water partition coefficient (Wildman–Crippen LogP) is 1.74. The van der Waals surface area contributed by atoms with E-state index >= 15 is 0 Å². The number of carbonyl (C=O) groups excluding carboxylic acids is 3. The van der Waals surface area contributed by atoms with Crippen molar-refractivity contribution in [1.29, 1.82) is 0 Å². The second kappa shape index (κ2) is 34.0. The molecule has 1 unspecified atom stereocenters. The molecule has 64 heavy (non-hydrogen) atoms. The molecule has 0 saturated heterocycles. The molecule has 0 saturated carbocycles. The highest BCUT2D eigenvalue weighted by atomic mass is 32.2. The lowest BCUT2D eigenvalue weighted by Gasteiger charge is -2.30. The number of nitrogens with one attached hydrogen (secondary N) is 2. The molecule has 2 aromatic heterocycles. The summed E-state index contributed by atoms with van der Waals surface area (Å²) >= 11 is 5.01. The van der Waals surface area contributed by atoms with Crippen LogP contribution in [0.25, 0.3) is 0 Å². The zero-order valence-corrected chi connectivity index (χ0v) is 40.4. The molecule has 19 nitrogen and oxygen atoms in total. The van der Waals surface area contributed by atoms with Crippen LogP contribution in [0.4, 0.5) is 0 Å². The lowest BCUT2D eigenvalue weighted by molar-refractivity contribution is -0.125. The molecular weight excluding hydrogens is 889 g/mol. The van der Waals surface area contributed by atoms with Crippen LogP contribution in [0.15, 0.2) is 12.4 Å². The molecule has 0 spiro atoms. The second-order valence-corrected chi connectivity index (χ2v) is 20.3. The van der Waals surface area contributed by atoms with Crippen LogP contribution < -0.4 is 10.6 Å². The highest BCUT2D eigenvalue weighted by Crippen LogP contribution is 2.22. The van der Waals surface area contributed by atoms with Gasteiger partial charge in [-0.1, -0.05) is 49.5 Å². The van der Waals surface area contributed by atoms with Gasteiger partial charge in [0.2, 0.25) is 11.8 Å². The van der Waals surface area contributed by atoms with Crippen LogP contribution in [0.3, 0.4) is 0 Å². The lowest BCUT2D eigenvalue weighted by Crippen LogP contribution is -2.57. The van der Waals surface area contributed by atoms with E-state index in [9.17, 15) is 45.0 Å². The summed E-state index contributed by atoms with van der Waals surface area (Å²) in [5, 5.41) is 79.1. The Bertz CT molecular complexity index is 1440. The molecule has 1 atom stereocenters. The van der Waals surface area contributed by atoms with E-state index < -0.39 is 56.1 Å². The molecule has 2 amide bonds. The minimum atomic E-state index is -1.42. The number of Topliss-reactive ketones (excluding diaryl/α,β-unsaturated/α-hetero) is 1. The van der Waals surface area contributed by atoms with E-state index in [1.54, 1.807) is 44.6 Å². The fourth-order valence-corrected chi connectivity index (χ4v) is 8.94. The number of ketones is 1. The number of nitrogens with zero attached hydrogens (tertiary/aromatic N) is 6. The molecule has 0 bridgehead atoms. The van der Waals surface area contributed by atoms with Crippen molar-refractivity contribution in [1.82, 2.24) is 40.6 Å². The van der Waals surface area contributed by atoms with Gasteiger partial charge in [-0.3, -0.25) is 23.7 Å². The number of hydrogen-bond acceptors (Lipinski definition) is 18. The number of amides is 2. The third-order valence-corrected chi connectivity index (χ3v) is 13.5. The van der Waals surface area contributed by atoms with Gasteiger partial charge in [-0.15, -0.1) is 10.2 Å². The summed E-state index contributed by atoms with van der Waals surface area (Å²) in [7, 11) is 0. The zero-order chi connectivity index (χ0) is 46.9. The number of aryl methyl sites for hydroxylation is 2.